The number of nitrogens with zero attached hydrogens (tertiary/aromatic N) is 1. The van der Waals surface area contributed by atoms with Crippen molar-refractivity contribution < 1.29 is 5.11 Å². The molecule has 0 saturated carbocycles. The van der Waals surface area contributed by atoms with Crippen LogP contribution in [-0.2, 0) is 0 Å². The zero-order chi connectivity index (χ0) is 20.9. The molecule has 0 aliphatic rings. The Hall–Kier alpha value is -3.01. The maximum absolute atomic E-state index is 8.82. The van der Waals surface area contributed by atoms with Crippen LogP contribution < -0.4 is 11.1 Å². The maximum atomic E-state index is 8.82. The molecule has 0 spiro atoms. The van der Waals surface area contributed by atoms with E-state index in [1.165, 1.54) is 17.5 Å². The van der Waals surface area contributed by atoms with E-state index in [-0.39, 0.29) is 0 Å². The van der Waals surface area contributed by atoms with Gasteiger partial charge in [-0.05, 0) is 52.0 Å². The Morgan fingerprint density at radius 2 is 1.44 bits per heavy atom. The van der Waals surface area contributed by atoms with Crippen LogP contribution in [0.25, 0.3) is 0 Å². The molecule has 4 N–H and O–H groups in total. The van der Waals surface area contributed by atoms with Crippen molar-refractivity contribution in [3.8, 4) is 5.75 Å². The second-order valence-electron chi connectivity index (χ2n) is 5.54. The number of hydrogen-bond acceptors (Lipinski definition) is 3. The molecule has 0 heterocycles. The van der Waals surface area contributed by atoms with Crippen LogP contribution in [-0.4, -0.2) is 25.5 Å². The lowest BCUT2D eigenvalue weighted by Gasteiger charge is -1.96. The van der Waals surface area contributed by atoms with Gasteiger partial charge in [0.2, 0.25) is 0 Å². The molecule has 0 bridgehead atoms. The van der Waals surface area contributed by atoms with E-state index < -0.39 is 0 Å². The summed E-state index contributed by atoms with van der Waals surface area (Å²) < 4.78 is 0. The molecule has 148 valence electrons. The highest BCUT2D eigenvalue weighted by atomic mass is 16.3. The molecule has 4 heteroatoms. The topological polar surface area (TPSA) is 70.6 Å². The second-order valence-corrected chi connectivity index (χ2v) is 5.54. The molecule has 0 amide bonds. The average Bonchev–Trinajstić information content (AvgIpc) is 2.68. The first-order valence-corrected chi connectivity index (χ1v) is 8.78. The van der Waals surface area contributed by atoms with Crippen LogP contribution in [0.1, 0.15) is 27.7 Å². The lowest BCUT2D eigenvalue weighted by atomic mass is 10.1. The van der Waals surface area contributed by atoms with Gasteiger partial charge in [-0.25, -0.2) is 0 Å². The fraction of sp³-hybridized carbons (Fsp3) is 0.261. The Morgan fingerprint density at radius 1 is 0.963 bits per heavy atom. The summed E-state index contributed by atoms with van der Waals surface area (Å²) in [6.07, 6.45) is 17.5. The molecule has 0 atom stereocenters. The first-order chi connectivity index (χ1) is 12.9. The van der Waals surface area contributed by atoms with Crippen molar-refractivity contribution in [3.05, 3.63) is 84.0 Å². The maximum Gasteiger partial charge on any atom is 0.115 e. The standard InChI is InChI=1S/C14H20.C7H9NO.C2H6N2/c1-5-6-7-8-9-10-11-12-14(4)13(2)3;1-8-6-2-4-7(9)5-3-6;1-4-2-3/h5-12H,1-4H3;2-5,8-9H,1H3;2H,1H3,(H2,3,4)/b6-5+,8-7+,10-9+,12-11+;;. The number of anilines is 1. The van der Waals surface area contributed by atoms with Gasteiger partial charge in [-0.15, -0.1) is 0 Å². The van der Waals surface area contributed by atoms with Crippen LogP contribution in [0, 0.1) is 0 Å². The quantitative estimate of drug-likeness (QED) is 0.273. The van der Waals surface area contributed by atoms with Gasteiger partial charge in [0.1, 0.15) is 5.75 Å². The number of allylic oxidation sites excluding steroid dienone is 10. The van der Waals surface area contributed by atoms with Crippen molar-refractivity contribution in [2.45, 2.75) is 27.7 Å². The van der Waals surface area contributed by atoms with Gasteiger partial charge in [0.25, 0.3) is 0 Å². The van der Waals surface area contributed by atoms with E-state index in [4.69, 9.17) is 10.8 Å². The van der Waals surface area contributed by atoms with Gasteiger partial charge in [-0.2, -0.15) is 0 Å². The van der Waals surface area contributed by atoms with E-state index in [1.54, 1.807) is 19.2 Å². The Balaban J connectivity index is 0. The molecule has 1 rings (SSSR count). The zero-order valence-electron chi connectivity index (χ0n) is 17.5. The van der Waals surface area contributed by atoms with Gasteiger partial charge >= 0.3 is 0 Å². The summed E-state index contributed by atoms with van der Waals surface area (Å²) in [5, 5.41) is 11.8. The number of nitrogens with one attached hydrogen (secondary N) is 1. The number of benzene rings is 1. The van der Waals surface area contributed by atoms with Crippen LogP contribution in [0.3, 0.4) is 0 Å². The monoisotopic (exact) mass is 369 g/mol. The fourth-order valence-corrected chi connectivity index (χ4v) is 1.36. The van der Waals surface area contributed by atoms with Gasteiger partial charge < -0.3 is 16.2 Å². The van der Waals surface area contributed by atoms with E-state index in [2.05, 4.69) is 43.2 Å². The zero-order valence-corrected chi connectivity index (χ0v) is 17.5. The van der Waals surface area contributed by atoms with Crippen LogP contribution in [0.5, 0.6) is 5.75 Å². The summed E-state index contributed by atoms with van der Waals surface area (Å²) in [6, 6.07) is 6.92. The molecule has 0 unspecified atom stereocenters. The van der Waals surface area contributed by atoms with E-state index in [0.29, 0.717) is 5.75 Å². The third kappa shape index (κ3) is 19.2. The molecule has 0 aliphatic heterocycles. The number of aromatic hydroxyl groups is 1. The number of nitrogens with two attached hydrogens (primary N) is 1. The van der Waals surface area contributed by atoms with Crippen molar-refractivity contribution in [3.63, 3.8) is 0 Å². The van der Waals surface area contributed by atoms with E-state index >= 15 is 0 Å². The number of aliphatic imine (C=N–C) groups is 1. The van der Waals surface area contributed by atoms with Gasteiger partial charge in [0.05, 0.1) is 6.34 Å². The largest absolute Gasteiger partial charge is 0.508 e. The predicted molar refractivity (Wildman–Crippen MR) is 123 cm³/mol. The third-order valence-electron chi connectivity index (χ3n) is 3.19. The molecule has 4 nitrogen and oxygen atoms in total. The van der Waals surface area contributed by atoms with E-state index in [9.17, 15) is 0 Å². The Morgan fingerprint density at radius 3 is 1.85 bits per heavy atom. The highest BCUT2D eigenvalue weighted by Crippen LogP contribution is 2.12. The second kappa shape index (κ2) is 19.3. The molecule has 0 aromatic heterocycles. The van der Waals surface area contributed by atoms with E-state index in [0.717, 1.165) is 5.69 Å². The first-order valence-electron chi connectivity index (χ1n) is 8.78. The molecule has 0 fully saturated rings. The minimum absolute atomic E-state index is 0.300. The smallest absolute Gasteiger partial charge is 0.115 e. The fourth-order valence-electron chi connectivity index (χ4n) is 1.36. The van der Waals surface area contributed by atoms with Crippen LogP contribution in [0.4, 0.5) is 5.69 Å². The van der Waals surface area contributed by atoms with Crippen molar-refractivity contribution in [2.75, 3.05) is 19.4 Å². The van der Waals surface area contributed by atoms with Gasteiger partial charge in [-0.3, -0.25) is 4.99 Å². The van der Waals surface area contributed by atoms with Gasteiger partial charge in [-0.1, -0.05) is 59.8 Å². The summed E-state index contributed by atoms with van der Waals surface area (Å²) in [5.74, 6) is 0.300. The summed E-state index contributed by atoms with van der Waals surface area (Å²) >= 11 is 0. The summed E-state index contributed by atoms with van der Waals surface area (Å²) in [7, 11) is 3.46. The minimum Gasteiger partial charge on any atom is -0.508 e. The average molecular weight is 370 g/mol. The Kier molecular flexibility index (Phi) is 18.8. The number of phenols is 1. The molecular weight excluding hydrogens is 334 g/mol. The number of phenolic OH excluding ortho intramolecular Hbond substituents is 1. The molecule has 1 aromatic carbocycles. The van der Waals surface area contributed by atoms with Crippen LogP contribution in [0.2, 0.25) is 0 Å². The molecule has 0 radical (unpaired) electrons. The lowest BCUT2D eigenvalue weighted by molar-refractivity contribution is 0.475. The molecule has 27 heavy (non-hydrogen) atoms. The van der Waals surface area contributed by atoms with Crippen molar-refractivity contribution in [2.24, 2.45) is 10.7 Å². The lowest BCUT2D eigenvalue weighted by Crippen LogP contribution is -1.84. The summed E-state index contributed by atoms with van der Waals surface area (Å²) in [5.41, 5.74) is 8.43. The van der Waals surface area contributed by atoms with Gasteiger partial charge in [0.15, 0.2) is 0 Å². The SMILES string of the molecule is C/C=C/C=C/C=C/C=C/C(C)=C(C)C.CN=CN.CNc1ccc(O)cc1. The third-order valence-corrected chi connectivity index (χ3v) is 3.19. The first kappa shape index (κ1) is 26.2. The van der Waals surface area contributed by atoms with Gasteiger partial charge in [0, 0.05) is 19.8 Å². The number of hydrogen-bond donors (Lipinski definition) is 3. The number of rotatable bonds is 5. The van der Waals surface area contributed by atoms with Crippen molar-refractivity contribution in [1.82, 2.24) is 0 Å². The molecule has 0 aliphatic carbocycles. The highest BCUT2D eigenvalue weighted by Gasteiger charge is 1.85. The van der Waals surface area contributed by atoms with Crippen molar-refractivity contribution >= 4 is 12.0 Å². The minimum atomic E-state index is 0.300. The summed E-state index contributed by atoms with van der Waals surface area (Å²) in [4.78, 5) is 3.39. The molecule has 0 saturated heterocycles. The van der Waals surface area contributed by atoms with E-state index in [1.807, 2.05) is 62.6 Å². The Labute approximate surface area is 165 Å². The predicted octanol–water partition coefficient (Wildman–Crippen LogP) is 5.62. The normalized spacial score (nSPS) is 10.9. The molecular formula is C23H35N3O. The van der Waals surface area contributed by atoms with Crippen molar-refractivity contribution in [1.29, 1.82) is 0 Å². The highest BCUT2D eigenvalue weighted by molar-refractivity contribution is 5.50. The van der Waals surface area contributed by atoms with Crippen LogP contribution in [0.15, 0.2) is 89.0 Å². The van der Waals surface area contributed by atoms with Crippen LogP contribution >= 0.6 is 0 Å². The molecule has 1 aromatic rings. The Bertz CT molecular complexity index is 641. The summed E-state index contributed by atoms with van der Waals surface area (Å²) in [6.45, 7) is 8.37.